The van der Waals surface area contributed by atoms with Crippen molar-refractivity contribution in [2.24, 2.45) is 10.2 Å². The van der Waals surface area contributed by atoms with E-state index in [2.05, 4.69) is 25.8 Å². The van der Waals surface area contributed by atoms with Gasteiger partial charge in [-0.15, -0.1) is 0 Å². The molecule has 6 rings (SSSR count). The highest BCUT2D eigenvalue weighted by atomic mass is 19.1. The summed E-state index contributed by atoms with van der Waals surface area (Å²) >= 11 is 0. The highest BCUT2D eigenvalue weighted by molar-refractivity contribution is 5.95. The molecule has 0 spiro atoms. The van der Waals surface area contributed by atoms with Crippen LogP contribution in [-0.4, -0.2) is 39.5 Å². The van der Waals surface area contributed by atoms with Crippen LogP contribution in [0.25, 0.3) is 33.5 Å². The van der Waals surface area contributed by atoms with Crippen molar-refractivity contribution >= 4 is 22.6 Å². The number of hydrogen-bond donors (Lipinski definition) is 3. The minimum atomic E-state index is -0.672. The summed E-state index contributed by atoms with van der Waals surface area (Å²) in [5.41, 5.74) is 2.65. The largest absolute Gasteiger partial charge is 0.367 e. The Morgan fingerprint density at radius 3 is 2.68 bits per heavy atom. The lowest BCUT2D eigenvalue weighted by Crippen LogP contribution is -2.42. The molecule has 1 aliphatic carbocycles. The highest BCUT2D eigenvalue weighted by Crippen LogP contribution is 2.32. The van der Waals surface area contributed by atoms with Crippen molar-refractivity contribution in [1.82, 2.24) is 20.3 Å². The van der Waals surface area contributed by atoms with E-state index in [-0.39, 0.29) is 23.5 Å². The van der Waals surface area contributed by atoms with E-state index in [1.54, 1.807) is 12.3 Å². The first-order valence-electron chi connectivity index (χ1n) is 12.6. The molecule has 2 aromatic heterocycles. The number of amides is 1. The van der Waals surface area contributed by atoms with Crippen molar-refractivity contribution < 1.29 is 13.6 Å². The molecule has 3 N–H and O–H groups in total. The van der Waals surface area contributed by atoms with Gasteiger partial charge < -0.3 is 15.6 Å². The average molecular weight is 514 g/mol. The van der Waals surface area contributed by atoms with E-state index in [4.69, 9.17) is 9.97 Å². The summed E-state index contributed by atoms with van der Waals surface area (Å²) in [6, 6.07) is 13.7. The maximum Gasteiger partial charge on any atom is 0.271 e. The zero-order chi connectivity index (χ0) is 26.1. The molecule has 1 saturated carbocycles. The number of azo groups is 1. The van der Waals surface area contributed by atoms with Gasteiger partial charge in [-0.3, -0.25) is 4.79 Å². The van der Waals surface area contributed by atoms with Gasteiger partial charge in [0.1, 0.15) is 23.1 Å². The summed E-state index contributed by atoms with van der Waals surface area (Å²) in [7, 11) is 0. The van der Waals surface area contributed by atoms with Crippen LogP contribution < -0.4 is 10.6 Å². The molecule has 0 unspecified atom stereocenters. The van der Waals surface area contributed by atoms with Crippen molar-refractivity contribution in [2.45, 2.75) is 37.8 Å². The van der Waals surface area contributed by atoms with Crippen molar-refractivity contribution in [2.75, 3.05) is 11.9 Å². The number of halogens is 2. The number of carbonyl (C=O) groups excluding carboxylic acids is 1. The molecule has 10 heteroatoms. The zero-order valence-corrected chi connectivity index (χ0v) is 20.4. The molecule has 192 valence electrons. The van der Waals surface area contributed by atoms with Crippen LogP contribution >= 0.6 is 0 Å². The van der Waals surface area contributed by atoms with Crippen molar-refractivity contribution in [1.29, 1.82) is 0 Å². The van der Waals surface area contributed by atoms with E-state index in [1.165, 1.54) is 6.07 Å². The molecule has 4 aromatic rings. The Kier molecular flexibility index (Phi) is 6.36. The molecule has 1 fully saturated rings. The third kappa shape index (κ3) is 4.89. The summed E-state index contributed by atoms with van der Waals surface area (Å²) in [6.45, 7) is 0.438. The molecule has 1 aliphatic heterocycles. The van der Waals surface area contributed by atoms with Gasteiger partial charge in [-0.1, -0.05) is 30.3 Å². The van der Waals surface area contributed by atoms with Crippen LogP contribution in [0.2, 0.25) is 0 Å². The Labute approximate surface area is 217 Å². The smallest absolute Gasteiger partial charge is 0.271 e. The van der Waals surface area contributed by atoms with Gasteiger partial charge in [0.05, 0.1) is 17.8 Å². The molecule has 0 saturated heterocycles. The predicted octanol–water partition coefficient (Wildman–Crippen LogP) is 5.76. The molecule has 0 radical (unpaired) electrons. The van der Waals surface area contributed by atoms with Crippen molar-refractivity contribution in [3.05, 3.63) is 78.1 Å². The van der Waals surface area contributed by atoms with E-state index in [0.29, 0.717) is 40.5 Å². The standard InChI is InChI=1S/C28H25F2N7O/c29-17-11-20-21(15-31-26(20)22(30)12-17)27-35-24(16-5-2-1-3-6-16)14-25(36-27)33-18-7-4-8-19(13-18)34-28(38)23-9-10-32-37-23/h1-3,5-6,9,11-12,14-15,18-19,31H,4,7-8,10,13H2,(H,34,38)(H,33,35,36)/t18-,19+/m0/s1. The lowest BCUT2D eigenvalue weighted by Gasteiger charge is -2.30. The van der Waals surface area contributed by atoms with Gasteiger partial charge in [-0.25, -0.2) is 18.7 Å². The van der Waals surface area contributed by atoms with E-state index >= 15 is 0 Å². The normalized spacial score (nSPS) is 18.9. The van der Waals surface area contributed by atoms with Crippen LogP contribution in [0.3, 0.4) is 0 Å². The lowest BCUT2D eigenvalue weighted by molar-refractivity contribution is -0.118. The third-order valence-corrected chi connectivity index (χ3v) is 6.88. The summed E-state index contributed by atoms with van der Waals surface area (Å²) in [5, 5.41) is 14.7. The molecule has 0 bridgehead atoms. The molecule has 3 heterocycles. The van der Waals surface area contributed by atoms with Crippen molar-refractivity contribution in [3.8, 4) is 22.6 Å². The zero-order valence-electron chi connectivity index (χ0n) is 20.4. The number of aromatic nitrogens is 3. The fraction of sp³-hybridized carbons (Fsp3) is 0.250. The number of rotatable bonds is 6. The quantitative estimate of drug-likeness (QED) is 0.305. The molecule has 8 nitrogen and oxygen atoms in total. The average Bonchev–Trinajstić information content (AvgIpc) is 3.60. The number of fused-ring (bicyclic) bond motifs is 1. The maximum atomic E-state index is 14.4. The van der Waals surface area contributed by atoms with Crippen LogP contribution in [0.5, 0.6) is 0 Å². The number of H-pyrrole nitrogens is 1. The monoisotopic (exact) mass is 513 g/mol. The topological polar surface area (TPSA) is 107 Å². The Bertz CT molecular complexity index is 1560. The van der Waals surface area contributed by atoms with E-state index in [1.807, 2.05) is 36.4 Å². The van der Waals surface area contributed by atoms with Crippen LogP contribution in [0.4, 0.5) is 14.6 Å². The van der Waals surface area contributed by atoms with Crippen LogP contribution in [0, 0.1) is 11.6 Å². The number of anilines is 1. The lowest BCUT2D eigenvalue weighted by atomic mass is 9.91. The minimum absolute atomic E-state index is 0.0000748. The molecule has 2 aliphatic rings. The number of hydrogen-bond acceptors (Lipinski definition) is 6. The number of nitrogens with zero attached hydrogens (tertiary/aromatic N) is 4. The fourth-order valence-corrected chi connectivity index (χ4v) is 5.08. The van der Waals surface area contributed by atoms with Gasteiger partial charge >= 0.3 is 0 Å². The SMILES string of the molecule is O=C(N[C@@H]1CCC[C@H](Nc2cc(-c3ccccc3)nc(-c3c[nH]c4c(F)cc(F)cc34)n2)C1)C1=CCN=N1. The van der Waals surface area contributed by atoms with Gasteiger partial charge in [0.25, 0.3) is 5.91 Å². The van der Waals surface area contributed by atoms with E-state index in [9.17, 15) is 13.6 Å². The third-order valence-electron chi connectivity index (χ3n) is 6.88. The number of aromatic amines is 1. The Hall–Kier alpha value is -4.47. The highest BCUT2D eigenvalue weighted by Gasteiger charge is 2.26. The molecule has 2 aromatic carbocycles. The first-order chi connectivity index (χ1) is 18.5. The Morgan fingerprint density at radius 1 is 1.03 bits per heavy atom. The number of benzene rings is 2. The van der Waals surface area contributed by atoms with Crippen LogP contribution in [-0.2, 0) is 4.79 Å². The van der Waals surface area contributed by atoms with Crippen LogP contribution in [0.15, 0.2) is 76.7 Å². The minimum Gasteiger partial charge on any atom is -0.367 e. The molecular weight excluding hydrogens is 488 g/mol. The maximum absolute atomic E-state index is 14.4. The van der Waals surface area contributed by atoms with Gasteiger partial charge in [-0.2, -0.15) is 10.2 Å². The van der Waals surface area contributed by atoms with Gasteiger partial charge in [-0.05, 0) is 37.8 Å². The first kappa shape index (κ1) is 23.9. The Balaban J connectivity index is 1.30. The molecule has 38 heavy (non-hydrogen) atoms. The van der Waals surface area contributed by atoms with Crippen molar-refractivity contribution in [3.63, 3.8) is 0 Å². The second kappa shape index (κ2) is 10.1. The number of carbonyl (C=O) groups is 1. The summed E-state index contributed by atoms with van der Waals surface area (Å²) in [4.78, 5) is 24.9. The molecule has 1 amide bonds. The summed E-state index contributed by atoms with van der Waals surface area (Å²) in [5.74, 6) is -0.590. The van der Waals surface area contributed by atoms with Gasteiger partial charge in [0, 0.05) is 46.9 Å². The van der Waals surface area contributed by atoms with Gasteiger partial charge in [0.2, 0.25) is 0 Å². The molecular formula is C28H25F2N7O. The summed E-state index contributed by atoms with van der Waals surface area (Å²) < 4.78 is 28.4. The molecule has 2 atom stereocenters. The van der Waals surface area contributed by atoms with E-state index < -0.39 is 11.6 Å². The van der Waals surface area contributed by atoms with E-state index in [0.717, 1.165) is 37.3 Å². The second-order valence-electron chi connectivity index (χ2n) is 9.53. The first-order valence-corrected chi connectivity index (χ1v) is 12.6. The Morgan fingerprint density at radius 2 is 1.87 bits per heavy atom. The fourth-order valence-electron chi connectivity index (χ4n) is 5.08. The van der Waals surface area contributed by atoms with Crippen LogP contribution in [0.1, 0.15) is 25.7 Å². The number of nitrogens with one attached hydrogen (secondary N) is 3. The second-order valence-corrected chi connectivity index (χ2v) is 9.53. The predicted molar refractivity (Wildman–Crippen MR) is 140 cm³/mol. The van der Waals surface area contributed by atoms with Gasteiger partial charge in [0.15, 0.2) is 5.82 Å². The summed E-state index contributed by atoms with van der Waals surface area (Å²) in [6.07, 6.45) is 6.77.